The molecule has 1 aromatic heterocycles. The van der Waals surface area contributed by atoms with Gasteiger partial charge >= 0.3 is 5.97 Å². The summed E-state index contributed by atoms with van der Waals surface area (Å²) in [5.74, 6) is -0.548. The van der Waals surface area contributed by atoms with Crippen LogP contribution in [0.2, 0.25) is 0 Å². The lowest BCUT2D eigenvalue weighted by Gasteiger charge is -2.34. The molecule has 1 aliphatic carbocycles. The van der Waals surface area contributed by atoms with Crippen molar-refractivity contribution in [3.05, 3.63) is 17.5 Å². The molecule has 0 spiro atoms. The monoisotopic (exact) mass is 195 g/mol. The molecule has 4 nitrogen and oxygen atoms in total. The van der Waals surface area contributed by atoms with E-state index in [1.165, 1.54) is 6.20 Å². The van der Waals surface area contributed by atoms with Gasteiger partial charge in [-0.25, -0.2) is 0 Å². The molecule has 1 N–H and O–H groups in total. The molecule has 1 aliphatic rings. The third-order valence-corrected chi connectivity index (χ3v) is 3.01. The van der Waals surface area contributed by atoms with E-state index >= 15 is 0 Å². The van der Waals surface area contributed by atoms with Gasteiger partial charge in [0, 0.05) is 12.0 Å². The molecule has 1 aromatic rings. The van der Waals surface area contributed by atoms with Crippen molar-refractivity contribution in [2.45, 2.75) is 32.6 Å². The average Bonchev–Trinajstić information content (AvgIpc) is 2.48. The average molecular weight is 195 g/mol. The number of carboxylic acid groups (broad SMARTS) is 1. The molecule has 2 rings (SSSR count). The van der Waals surface area contributed by atoms with Crippen molar-refractivity contribution in [2.24, 2.45) is 5.41 Å². The first-order chi connectivity index (χ1) is 6.52. The number of hydrogen-bond donors (Lipinski definition) is 1. The van der Waals surface area contributed by atoms with Gasteiger partial charge in [0.1, 0.15) is 5.76 Å². The van der Waals surface area contributed by atoms with Crippen LogP contribution in [0.3, 0.4) is 0 Å². The van der Waals surface area contributed by atoms with Gasteiger partial charge in [0.05, 0.1) is 12.1 Å². The zero-order valence-corrected chi connectivity index (χ0v) is 8.28. The molecule has 1 unspecified atom stereocenters. The first-order valence-corrected chi connectivity index (χ1v) is 4.68. The number of carbonyl (C=O) groups is 1. The maximum absolute atomic E-state index is 11.2. The van der Waals surface area contributed by atoms with Gasteiger partial charge in [-0.1, -0.05) is 19.0 Å². The summed E-state index contributed by atoms with van der Waals surface area (Å²) in [6.07, 6.45) is 3.15. The number of hydrogen-bond acceptors (Lipinski definition) is 3. The maximum Gasteiger partial charge on any atom is 0.311 e. The molecule has 0 amide bonds. The second-order valence-corrected chi connectivity index (χ2v) is 4.46. The van der Waals surface area contributed by atoms with Crippen LogP contribution in [0.5, 0.6) is 0 Å². The van der Waals surface area contributed by atoms with E-state index in [0.717, 1.165) is 24.2 Å². The van der Waals surface area contributed by atoms with E-state index in [4.69, 9.17) is 9.63 Å². The molecule has 0 saturated carbocycles. The minimum absolute atomic E-state index is 0.218. The summed E-state index contributed by atoms with van der Waals surface area (Å²) >= 11 is 0. The Labute approximate surface area is 81.9 Å². The van der Waals surface area contributed by atoms with Gasteiger partial charge in [0.25, 0.3) is 0 Å². The molecular formula is C10H13NO3. The van der Waals surface area contributed by atoms with E-state index in [1.54, 1.807) is 0 Å². The minimum atomic E-state index is -0.792. The smallest absolute Gasteiger partial charge is 0.311 e. The Morgan fingerprint density at radius 3 is 3.07 bits per heavy atom. The quantitative estimate of drug-likeness (QED) is 0.742. The Bertz CT molecular complexity index is 367. The van der Waals surface area contributed by atoms with Crippen LogP contribution >= 0.6 is 0 Å². The van der Waals surface area contributed by atoms with Gasteiger partial charge in [0.2, 0.25) is 0 Å². The van der Waals surface area contributed by atoms with Crippen LogP contribution in [0.25, 0.3) is 0 Å². The van der Waals surface area contributed by atoms with E-state index in [1.807, 2.05) is 13.8 Å². The highest BCUT2D eigenvalue weighted by Gasteiger charge is 2.42. The zero-order chi connectivity index (χ0) is 10.3. The maximum atomic E-state index is 11.2. The molecule has 0 radical (unpaired) electrons. The standard InChI is InChI=1S/C10H13NO3/c1-10(2)4-3-7-6(5-11-14-7)8(10)9(12)13/h5,8H,3-4H2,1-2H3,(H,12,13). The van der Waals surface area contributed by atoms with Crippen molar-refractivity contribution in [2.75, 3.05) is 0 Å². The summed E-state index contributed by atoms with van der Waals surface area (Å²) in [6.45, 7) is 3.95. The summed E-state index contributed by atoms with van der Waals surface area (Å²) in [5.41, 5.74) is 0.526. The largest absolute Gasteiger partial charge is 0.481 e. The van der Waals surface area contributed by atoms with Crippen LogP contribution in [-0.2, 0) is 11.2 Å². The number of aryl methyl sites for hydroxylation is 1. The number of fused-ring (bicyclic) bond motifs is 1. The Morgan fingerprint density at radius 2 is 2.43 bits per heavy atom. The molecule has 0 bridgehead atoms. The lowest BCUT2D eigenvalue weighted by molar-refractivity contribution is -0.142. The first kappa shape index (κ1) is 9.24. The molecule has 0 saturated heterocycles. The number of rotatable bonds is 1. The van der Waals surface area contributed by atoms with Crippen molar-refractivity contribution in [3.63, 3.8) is 0 Å². The lowest BCUT2D eigenvalue weighted by Crippen LogP contribution is -2.33. The van der Waals surface area contributed by atoms with E-state index < -0.39 is 11.9 Å². The Balaban J connectivity index is 2.49. The van der Waals surface area contributed by atoms with Crippen LogP contribution in [-0.4, -0.2) is 16.2 Å². The molecule has 1 atom stereocenters. The summed E-state index contributed by atoms with van der Waals surface area (Å²) in [5, 5.41) is 12.8. The van der Waals surface area contributed by atoms with Gasteiger partial charge < -0.3 is 9.63 Å². The van der Waals surface area contributed by atoms with Gasteiger partial charge in [-0.3, -0.25) is 4.79 Å². The van der Waals surface area contributed by atoms with Crippen molar-refractivity contribution in [1.82, 2.24) is 5.16 Å². The van der Waals surface area contributed by atoms with Gasteiger partial charge in [-0.2, -0.15) is 0 Å². The third-order valence-electron chi connectivity index (χ3n) is 3.01. The molecule has 4 heteroatoms. The summed E-state index contributed by atoms with van der Waals surface area (Å²) in [4.78, 5) is 11.2. The molecule has 0 aliphatic heterocycles. The van der Waals surface area contributed by atoms with Crippen molar-refractivity contribution < 1.29 is 14.4 Å². The molecular weight excluding hydrogens is 182 g/mol. The fraction of sp³-hybridized carbons (Fsp3) is 0.600. The Hall–Kier alpha value is -1.32. The van der Waals surface area contributed by atoms with Gasteiger partial charge in [-0.15, -0.1) is 0 Å². The van der Waals surface area contributed by atoms with Crippen LogP contribution in [0.1, 0.15) is 37.5 Å². The highest BCUT2D eigenvalue weighted by molar-refractivity contribution is 5.77. The number of nitrogens with zero attached hydrogens (tertiary/aromatic N) is 1. The predicted octanol–water partition coefficient (Wildman–Crippen LogP) is 1.82. The number of aromatic nitrogens is 1. The molecule has 14 heavy (non-hydrogen) atoms. The van der Waals surface area contributed by atoms with Crippen LogP contribution in [0.4, 0.5) is 0 Å². The van der Waals surface area contributed by atoms with E-state index in [-0.39, 0.29) is 5.41 Å². The summed E-state index contributed by atoms with van der Waals surface area (Å²) in [7, 11) is 0. The second-order valence-electron chi connectivity index (χ2n) is 4.46. The predicted molar refractivity (Wildman–Crippen MR) is 49.0 cm³/mol. The van der Waals surface area contributed by atoms with Crippen molar-refractivity contribution in [3.8, 4) is 0 Å². The van der Waals surface area contributed by atoms with Crippen molar-refractivity contribution in [1.29, 1.82) is 0 Å². The normalized spacial score (nSPS) is 24.3. The number of carboxylic acids is 1. The molecule has 0 fully saturated rings. The SMILES string of the molecule is CC1(C)CCc2oncc2C1C(=O)O. The van der Waals surface area contributed by atoms with Crippen LogP contribution < -0.4 is 0 Å². The fourth-order valence-electron chi connectivity index (χ4n) is 2.17. The molecule has 1 heterocycles. The fourth-order valence-corrected chi connectivity index (χ4v) is 2.17. The number of aliphatic carboxylic acids is 1. The van der Waals surface area contributed by atoms with E-state index in [2.05, 4.69) is 5.16 Å². The Kier molecular flexibility index (Phi) is 1.87. The van der Waals surface area contributed by atoms with Crippen molar-refractivity contribution >= 4 is 5.97 Å². The van der Waals surface area contributed by atoms with Crippen LogP contribution in [0.15, 0.2) is 10.7 Å². The second kappa shape index (κ2) is 2.83. The molecule has 76 valence electrons. The van der Waals surface area contributed by atoms with E-state index in [0.29, 0.717) is 0 Å². The zero-order valence-electron chi connectivity index (χ0n) is 8.28. The highest BCUT2D eigenvalue weighted by atomic mass is 16.5. The topological polar surface area (TPSA) is 63.3 Å². The third kappa shape index (κ3) is 1.22. The van der Waals surface area contributed by atoms with Crippen LogP contribution in [0, 0.1) is 5.41 Å². The molecule has 0 aromatic carbocycles. The first-order valence-electron chi connectivity index (χ1n) is 4.68. The lowest BCUT2D eigenvalue weighted by atomic mass is 9.68. The highest BCUT2D eigenvalue weighted by Crippen LogP contribution is 2.44. The van der Waals surface area contributed by atoms with Gasteiger partial charge in [0.15, 0.2) is 0 Å². The minimum Gasteiger partial charge on any atom is -0.481 e. The summed E-state index contributed by atoms with van der Waals surface area (Å²) in [6, 6.07) is 0. The van der Waals surface area contributed by atoms with Gasteiger partial charge in [-0.05, 0) is 11.8 Å². The van der Waals surface area contributed by atoms with E-state index in [9.17, 15) is 4.79 Å². The summed E-state index contributed by atoms with van der Waals surface area (Å²) < 4.78 is 5.02. The Morgan fingerprint density at radius 1 is 1.71 bits per heavy atom.